The zero-order valence-corrected chi connectivity index (χ0v) is 8.16. The lowest BCUT2D eigenvalue weighted by molar-refractivity contribution is 0.101. The maximum atomic E-state index is 11.1. The molecule has 0 bridgehead atoms. The number of rotatable bonds is 0. The Morgan fingerprint density at radius 2 is 1.62 bits per heavy atom. The van der Waals surface area contributed by atoms with Crippen molar-refractivity contribution in [3.8, 4) is 0 Å². The van der Waals surface area contributed by atoms with E-state index in [2.05, 4.69) is 4.99 Å². The van der Waals surface area contributed by atoms with Crippen molar-refractivity contribution in [3.05, 3.63) is 35.4 Å². The molecule has 1 aliphatic heterocycles. The van der Waals surface area contributed by atoms with E-state index in [-0.39, 0.29) is 5.91 Å². The quantitative estimate of drug-likeness (QED) is 0.596. The van der Waals surface area contributed by atoms with Crippen molar-refractivity contribution in [2.24, 2.45) is 4.99 Å². The highest BCUT2D eigenvalue weighted by molar-refractivity contribution is 6.20. The van der Waals surface area contributed by atoms with Gasteiger partial charge < -0.3 is 0 Å². The summed E-state index contributed by atoms with van der Waals surface area (Å²) in [4.78, 5) is 14.9. The average Bonchev–Trinajstić information content (AvgIpc) is 2.47. The van der Waals surface area contributed by atoms with E-state index in [1.54, 1.807) is 6.07 Å². The fourth-order valence-corrected chi connectivity index (χ4v) is 1.26. The summed E-state index contributed by atoms with van der Waals surface area (Å²) in [6.07, 6.45) is 0. The van der Waals surface area contributed by atoms with Crippen molar-refractivity contribution in [1.82, 2.24) is 0 Å². The molecule has 0 N–H and O–H groups in total. The third kappa shape index (κ3) is 1.66. The summed E-state index contributed by atoms with van der Waals surface area (Å²) in [5, 5.41) is 0. The van der Waals surface area contributed by atoms with Crippen LogP contribution >= 0.6 is 0 Å². The van der Waals surface area contributed by atoms with Crippen LogP contribution in [0.25, 0.3) is 0 Å². The number of hydrogen-bond acceptors (Lipinski definition) is 1. The van der Waals surface area contributed by atoms with E-state index in [9.17, 15) is 4.79 Å². The first-order valence-corrected chi connectivity index (χ1v) is 4.48. The van der Waals surface area contributed by atoms with Crippen LogP contribution < -0.4 is 0 Å². The second-order valence-electron chi connectivity index (χ2n) is 2.55. The van der Waals surface area contributed by atoms with E-state index in [0.717, 1.165) is 16.8 Å². The monoisotopic (exact) mass is 175 g/mol. The molecule has 0 radical (unpaired) electrons. The van der Waals surface area contributed by atoms with Crippen LogP contribution in [-0.2, 0) is 0 Å². The number of fused-ring (bicyclic) bond motifs is 1. The van der Waals surface area contributed by atoms with Gasteiger partial charge in [0.05, 0.1) is 5.56 Å². The lowest BCUT2D eigenvalue weighted by atomic mass is 10.1. The largest absolute Gasteiger partial charge is 0.277 e. The molecule has 0 aliphatic carbocycles. The van der Waals surface area contributed by atoms with Gasteiger partial charge in [0.15, 0.2) is 0 Å². The van der Waals surface area contributed by atoms with Gasteiger partial charge in [0.1, 0.15) is 0 Å². The number of carbonyl (C=O) groups is 1. The molecule has 1 aromatic rings. The van der Waals surface area contributed by atoms with E-state index < -0.39 is 0 Å². The normalized spacial score (nSPS) is 12.8. The molecule has 68 valence electrons. The van der Waals surface area contributed by atoms with Crippen LogP contribution in [0.5, 0.6) is 0 Å². The first-order chi connectivity index (χ1) is 6.29. The second-order valence-corrected chi connectivity index (χ2v) is 2.55. The van der Waals surface area contributed by atoms with Crippen LogP contribution in [0.1, 0.15) is 36.7 Å². The Kier molecular flexibility index (Phi) is 2.96. The van der Waals surface area contributed by atoms with Crippen molar-refractivity contribution in [1.29, 1.82) is 0 Å². The molecule has 1 amide bonds. The molecule has 0 fully saturated rings. The van der Waals surface area contributed by atoms with Crippen LogP contribution in [0.3, 0.4) is 0 Å². The first-order valence-electron chi connectivity index (χ1n) is 4.48. The van der Waals surface area contributed by atoms with Gasteiger partial charge in [0.25, 0.3) is 5.91 Å². The minimum atomic E-state index is -0.113. The van der Waals surface area contributed by atoms with Crippen molar-refractivity contribution < 1.29 is 4.79 Å². The van der Waals surface area contributed by atoms with Crippen molar-refractivity contribution in [2.45, 2.75) is 20.8 Å². The summed E-state index contributed by atoms with van der Waals surface area (Å²) >= 11 is 0. The highest BCUT2D eigenvalue weighted by Gasteiger charge is 2.18. The molecule has 0 unspecified atom stereocenters. The van der Waals surface area contributed by atoms with E-state index in [1.165, 1.54) is 0 Å². The number of amides is 1. The van der Waals surface area contributed by atoms with Crippen molar-refractivity contribution in [3.63, 3.8) is 0 Å². The number of hydrogen-bond donors (Lipinski definition) is 0. The standard InChI is InChI=1S/C9H7NO.C2H6/c1-6-7-4-2-3-5-8(7)9(11)10-6;1-2/h2-5H,1H3;1-2H3. The summed E-state index contributed by atoms with van der Waals surface area (Å²) in [5.41, 5.74) is 2.52. The molecule has 2 heteroatoms. The first kappa shape index (κ1) is 9.65. The van der Waals surface area contributed by atoms with E-state index in [0.29, 0.717) is 0 Å². The maximum Gasteiger partial charge on any atom is 0.277 e. The van der Waals surface area contributed by atoms with E-state index >= 15 is 0 Å². The minimum absolute atomic E-state index is 0.113. The average molecular weight is 175 g/mol. The topological polar surface area (TPSA) is 29.4 Å². The highest BCUT2D eigenvalue weighted by Crippen LogP contribution is 2.17. The predicted molar refractivity (Wildman–Crippen MR) is 54.3 cm³/mol. The van der Waals surface area contributed by atoms with Gasteiger partial charge in [-0.3, -0.25) is 4.79 Å². The van der Waals surface area contributed by atoms with Gasteiger partial charge in [-0.25, -0.2) is 4.99 Å². The molecular formula is C11H13NO. The summed E-state index contributed by atoms with van der Waals surface area (Å²) in [7, 11) is 0. The van der Waals surface area contributed by atoms with Crippen LogP contribution in [0.15, 0.2) is 29.3 Å². The third-order valence-corrected chi connectivity index (χ3v) is 1.82. The molecule has 1 aromatic carbocycles. The van der Waals surface area contributed by atoms with Gasteiger partial charge in [0.2, 0.25) is 0 Å². The third-order valence-electron chi connectivity index (χ3n) is 1.82. The zero-order valence-electron chi connectivity index (χ0n) is 8.16. The molecule has 1 heterocycles. The van der Waals surface area contributed by atoms with Gasteiger partial charge >= 0.3 is 0 Å². The van der Waals surface area contributed by atoms with Gasteiger partial charge in [-0.1, -0.05) is 32.0 Å². The molecule has 13 heavy (non-hydrogen) atoms. The molecule has 0 saturated carbocycles. The highest BCUT2D eigenvalue weighted by atomic mass is 16.1. The Balaban J connectivity index is 0.000000396. The van der Waals surface area contributed by atoms with Gasteiger partial charge in [0, 0.05) is 11.3 Å². The number of nitrogens with zero attached hydrogens (tertiary/aromatic N) is 1. The fraction of sp³-hybridized carbons (Fsp3) is 0.273. The zero-order chi connectivity index (χ0) is 9.84. The van der Waals surface area contributed by atoms with Gasteiger partial charge in [-0.05, 0) is 13.0 Å². The molecule has 0 saturated heterocycles. The van der Waals surface area contributed by atoms with Crippen LogP contribution in [0.4, 0.5) is 0 Å². The Bertz CT molecular complexity index is 353. The minimum Gasteiger partial charge on any atom is -0.267 e. The fourth-order valence-electron chi connectivity index (χ4n) is 1.26. The molecule has 0 aromatic heterocycles. The summed E-state index contributed by atoms with van der Waals surface area (Å²) < 4.78 is 0. The van der Waals surface area contributed by atoms with E-state index in [1.807, 2.05) is 39.0 Å². The Morgan fingerprint density at radius 1 is 1.08 bits per heavy atom. The van der Waals surface area contributed by atoms with Crippen molar-refractivity contribution in [2.75, 3.05) is 0 Å². The lowest BCUT2D eigenvalue weighted by Crippen LogP contribution is -1.91. The van der Waals surface area contributed by atoms with Crippen LogP contribution in [-0.4, -0.2) is 11.6 Å². The predicted octanol–water partition coefficient (Wildman–Crippen LogP) is 2.68. The summed E-state index contributed by atoms with van der Waals surface area (Å²) in [5.74, 6) is -0.113. The molecule has 2 rings (SSSR count). The second kappa shape index (κ2) is 3.99. The Labute approximate surface area is 78.3 Å². The van der Waals surface area contributed by atoms with Crippen LogP contribution in [0.2, 0.25) is 0 Å². The Morgan fingerprint density at radius 3 is 2.15 bits per heavy atom. The Hall–Kier alpha value is -1.44. The molecule has 2 nitrogen and oxygen atoms in total. The number of benzene rings is 1. The van der Waals surface area contributed by atoms with E-state index in [4.69, 9.17) is 0 Å². The molecule has 0 spiro atoms. The maximum absolute atomic E-state index is 11.1. The molecular weight excluding hydrogens is 162 g/mol. The lowest BCUT2D eigenvalue weighted by Gasteiger charge is -1.93. The number of aliphatic imine (C=N–C) groups is 1. The van der Waals surface area contributed by atoms with Gasteiger partial charge in [-0.2, -0.15) is 0 Å². The smallest absolute Gasteiger partial charge is 0.267 e. The van der Waals surface area contributed by atoms with Crippen molar-refractivity contribution >= 4 is 11.6 Å². The van der Waals surface area contributed by atoms with Gasteiger partial charge in [-0.15, -0.1) is 0 Å². The summed E-state index contributed by atoms with van der Waals surface area (Å²) in [6, 6.07) is 7.48. The SMILES string of the molecule is CC.CC1=NC(=O)c2ccccc21. The molecule has 1 aliphatic rings. The van der Waals surface area contributed by atoms with Crippen LogP contribution in [0, 0.1) is 0 Å². The molecule has 0 atom stereocenters. The number of carbonyl (C=O) groups excluding carboxylic acids is 1. The summed E-state index contributed by atoms with van der Waals surface area (Å²) in [6.45, 7) is 5.85.